The molecule has 0 radical (unpaired) electrons. The van der Waals surface area contributed by atoms with E-state index >= 15 is 0 Å². The summed E-state index contributed by atoms with van der Waals surface area (Å²) in [4.78, 5) is 15.8. The lowest BCUT2D eigenvalue weighted by molar-refractivity contribution is 0.0704. The number of aliphatic hydroxyl groups is 1. The quantitative estimate of drug-likeness (QED) is 0.721. The monoisotopic (exact) mass is 206 g/mol. The molecule has 1 heterocycles. The van der Waals surface area contributed by atoms with Gasteiger partial charge in [0, 0.05) is 6.20 Å². The highest BCUT2D eigenvalue weighted by atomic mass is 16.3. The molecule has 1 fully saturated rings. The van der Waals surface area contributed by atoms with Crippen molar-refractivity contribution in [2.75, 3.05) is 5.73 Å². The summed E-state index contributed by atoms with van der Waals surface area (Å²) < 4.78 is 0. The van der Waals surface area contributed by atoms with Gasteiger partial charge in [0.15, 0.2) is 5.78 Å². The normalized spacial score (nSPS) is 17.5. The van der Waals surface area contributed by atoms with Gasteiger partial charge in [0.2, 0.25) is 0 Å². The van der Waals surface area contributed by atoms with Crippen LogP contribution in [0, 0.1) is 12.8 Å². The van der Waals surface area contributed by atoms with Gasteiger partial charge in [0.25, 0.3) is 0 Å². The second-order valence-corrected chi connectivity index (χ2v) is 4.03. The predicted octanol–water partition coefficient (Wildman–Crippen LogP) is 0.926. The number of nitrogen functional groups attached to an aromatic ring is 1. The van der Waals surface area contributed by atoms with Crippen molar-refractivity contribution in [3.8, 4) is 0 Å². The number of rotatable bonds is 3. The number of aliphatic hydroxyl groups excluding tert-OH is 1. The Morgan fingerprint density at radius 3 is 2.87 bits per heavy atom. The molecule has 0 aliphatic heterocycles. The van der Waals surface area contributed by atoms with Gasteiger partial charge >= 0.3 is 0 Å². The van der Waals surface area contributed by atoms with Crippen LogP contribution < -0.4 is 5.73 Å². The van der Waals surface area contributed by atoms with Crippen molar-refractivity contribution in [1.82, 2.24) is 4.98 Å². The molecule has 3 N–H and O–H groups in total. The first kappa shape index (κ1) is 10.1. The number of nitrogens with two attached hydrogens (primary N) is 1. The molecular formula is C11H14N2O2. The molecule has 2 rings (SSSR count). The third-order valence-corrected chi connectivity index (χ3v) is 2.77. The van der Waals surface area contributed by atoms with Crippen LogP contribution in [0.15, 0.2) is 12.3 Å². The molecule has 15 heavy (non-hydrogen) atoms. The zero-order valence-electron chi connectivity index (χ0n) is 8.60. The Morgan fingerprint density at radius 1 is 1.67 bits per heavy atom. The molecule has 4 nitrogen and oxygen atoms in total. The maximum absolute atomic E-state index is 11.9. The van der Waals surface area contributed by atoms with E-state index in [0.29, 0.717) is 5.56 Å². The van der Waals surface area contributed by atoms with E-state index in [1.54, 1.807) is 19.2 Å². The summed E-state index contributed by atoms with van der Waals surface area (Å²) in [5, 5.41) is 9.73. The molecule has 1 atom stereocenters. The molecule has 1 aliphatic rings. The van der Waals surface area contributed by atoms with Crippen LogP contribution in [0.4, 0.5) is 5.82 Å². The number of nitrogens with zero attached hydrogens (tertiary/aromatic N) is 1. The van der Waals surface area contributed by atoms with Crippen LogP contribution in [0.2, 0.25) is 0 Å². The van der Waals surface area contributed by atoms with Crippen molar-refractivity contribution in [3.63, 3.8) is 0 Å². The summed E-state index contributed by atoms with van der Waals surface area (Å²) in [5.41, 5.74) is 6.78. The third-order valence-electron chi connectivity index (χ3n) is 2.77. The molecule has 0 aromatic carbocycles. The molecule has 1 unspecified atom stereocenters. The SMILES string of the molecule is Cc1ccnc(N)c1C(=O)C(O)C1CC1. The first-order valence-corrected chi connectivity index (χ1v) is 5.04. The number of hydrogen-bond acceptors (Lipinski definition) is 4. The lowest BCUT2D eigenvalue weighted by Crippen LogP contribution is -2.24. The van der Waals surface area contributed by atoms with E-state index in [0.717, 1.165) is 18.4 Å². The van der Waals surface area contributed by atoms with Gasteiger partial charge in [-0.15, -0.1) is 0 Å². The van der Waals surface area contributed by atoms with E-state index in [2.05, 4.69) is 4.98 Å². The van der Waals surface area contributed by atoms with Gasteiger partial charge in [-0.3, -0.25) is 4.79 Å². The molecule has 0 bridgehead atoms. The second-order valence-electron chi connectivity index (χ2n) is 4.03. The van der Waals surface area contributed by atoms with Gasteiger partial charge in [-0.25, -0.2) is 4.98 Å². The Labute approximate surface area is 88.1 Å². The topological polar surface area (TPSA) is 76.2 Å². The van der Waals surface area contributed by atoms with Gasteiger partial charge in [0.1, 0.15) is 11.9 Å². The van der Waals surface area contributed by atoms with E-state index in [1.165, 1.54) is 0 Å². The molecular weight excluding hydrogens is 192 g/mol. The van der Waals surface area contributed by atoms with Crippen molar-refractivity contribution in [1.29, 1.82) is 0 Å². The van der Waals surface area contributed by atoms with Gasteiger partial charge in [0.05, 0.1) is 5.56 Å². The van der Waals surface area contributed by atoms with Crippen molar-refractivity contribution < 1.29 is 9.90 Å². The summed E-state index contributed by atoms with van der Waals surface area (Å²) >= 11 is 0. The van der Waals surface area contributed by atoms with Crippen molar-refractivity contribution >= 4 is 11.6 Å². The van der Waals surface area contributed by atoms with Crippen LogP contribution in [0.1, 0.15) is 28.8 Å². The van der Waals surface area contributed by atoms with Crippen LogP contribution in [0.25, 0.3) is 0 Å². The van der Waals surface area contributed by atoms with Crippen LogP contribution >= 0.6 is 0 Å². The Kier molecular flexibility index (Phi) is 2.44. The lowest BCUT2D eigenvalue weighted by Gasteiger charge is -2.11. The molecule has 4 heteroatoms. The summed E-state index contributed by atoms with van der Waals surface area (Å²) in [6.45, 7) is 1.80. The minimum Gasteiger partial charge on any atom is -0.385 e. The molecule has 1 aromatic heterocycles. The number of pyridine rings is 1. The maximum atomic E-state index is 11.9. The number of Topliss-reactive ketones (excluding diaryl/α,β-unsaturated/α-hetero) is 1. The van der Waals surface area contributed by atoms with Gasteiger partial charge in [-0.05, 0) is 37.3 Å². The minimum atomic E-state index is -0.907. The molecule has 0 amide bonds. The lowest BCUT2D eigenvalue weighted by atomic mass is 10.00. The molecule has 80 valence electrons. The number of aromatic nitrogens is 1. The highest BCUT2D eigenvalue weighted by Crippen LogP contribution is 2.34. The molecule has 1 saturated carbocycles. The summed E-state index contributed by atoms with van der Waals surface area (Å²) in [6, 6.07) is 1.73. The predicted molar refractivity (Wildman–Crippen MR) is 56.4 cm³/mol. The molecule has 0 spiro atoms. The molecule has 1 aliphatic carbocycles. The molecule has 1 aromatic rings. The summed E-state index contributed by atoms with van der Waals surface area (Å²) in [7, 11) is 0. The Bertz CT molecular complexity index is 379. The number of ketones is 1. The fourth-order valence-electron chi connectivity index (χ4n) is 1.67. The average Bonchev–Trinajstić information content (AvgIpc) is 2.99. The van der Waals surface area contributed by atoms with E-state index < -0.39 is 6.10 Å². The second kappa shape index (κ2) is 3.62. The van der Waals surface area contributed by atoms with Crippen LogP contribution in [0.5, 0.6) is 0 Å². The summed E-state index contributed by atoms with van der Waals surface area (Å²) in [6.07, 6.45) is 2.50. The maximum Gasteiger partial charge on any atom is 0.195 e. The number of hydrogen-bond donors (Lipinski definition) is 2. The Balaban J connectivity index is 2.31. The third kappa shape index (κ3) is 1.85. The smallest absolute Gasteiger partial charge is 0.195 e. The van der Waals surface area contributed by atoms with Crippen molar-refractivity contribution in [3.05, 3.63) is 23.4 Å². The fourth-order valence-corrected chi connectivity index (χ4v) is 1.67. The largest absolute Gasteiger partial charge is 0.385 e. The highest BCUT2D eigenvalue weighted by Gasteiger charge is 2.36. The number of aryl methyl sites for hydroxylation is 1. The standard InChI is InChI=1S/C11H14N2O2/c1-6-4-5-13-11(12)8(6)10(15)9(14)7-2-3-7/h4-5,7,9,14H,2-3H2,1H3,(H2,12,13). The van der Waals surface area contributed by atoms with Crippen molar-refractivity contribution in [2.24, 2.45) is 5.92 Å². The zero-order chi connectivity index (χ0) is 11.0. The van der Waals surface area contributed by atoms with E-state index in [1.807, 2.05) is 0 Å². The first-order chi connectivity index (χ1) is 7.11. The Hall–Kier alpha value is -1.42. The van der Waals surface area contributed by atoms with E-state index in [9.17, 15) is 9.90 Å². The van der Waals surface area contributed by atoms with Gasteiger partial charge in [-0.1, -0.05) is 0 Å². The van der Waals surface area contributed by atoms with Gasteiger partial charge < -0.3 is 10.8 Å². The highest BCUT2D eigenvalue weighted by molar-refractivity contribution is 6.04. The van der Waals surface area contributed by atoms with E-state index in [4.69, 9.17) is 5.73 Å². The van der Waals surface area contributed by atoms with Crippen molar-refractivity contribution in [2.45, 2.75) is 25.9 Å². The number of anilines is 1. The van der Waals surface area contributed by atoms with Crippen LogP contribution in [-0.2, 0) is 0 Å². The molecule has 0 saturated heterocycles. The van der Waals surface area contributed by atoms with Crippen LogP contribution in [-0.4, -0.2) is 22.0 Å². The fraction of sp³-hybridized carbons (Fsp3) is 0.455. The summed E-state index contributed by atoms with van der Waals surface area (Å²) in [5.74, 6) is 0.0387. The zero-order valence-corrected chi connectivity index (χ0v) is 8.60. The van der Waals surface area contributed by atoms with Gasteiger partial charge in [-0.2, -0.15) is 0 Å². The Morgan fingerprint density at radius 2 is 2.33 bits per heavy atom. The van der Waals surface area contributed by atoms with E-state index in [-0.39, 0.29) is 17.5 Å². The number of carbonyl (C=O) groups excluding carboxylic acids is 1. The van der Waals surface area contributed by atoms with Crippen LogP contribution in [0.3, 0.4) is 0 Å². The minimum absolute atomic E-state index is 0.122. The number of carbonyl (C=O) groups is 1. The average molecular weight is 206 g/mol. The first-order valence-electron chi connectivity index (χ1n) is 5.04.